The molecular weight excluding hydrogens is 374 g/mol. The molecule has 2 heterocycles. The van der Waals surface area contributed by atoms with Crippen molar-refractivity contribution < 1.29 is 13.2 Å². The molecule has 0 spiro atoms. The number of sulfone groups is 1. The lowest BCUT2D eigenvalue weighted by Gasteiger charge is -2.32. The Morgan fingerprint density at radius 1 is 1.25 bits per heavy atom. The average Bonchev–Trinajstić information content (AvgIpc) is 3.05. The Morgan fingerprint density at radius 3 is 2.68 bits per heavy atom. The molecule has 6 nitrogen and oxygen atoms in total. The van der Waals surface area contributed by atoms with Gasteiger partial charge in [-0.15, -0.1) is 0 Å². The van der Waals surface area contributed by atoms with Gasteiger partial charge in [-0.1, -0.05) is 44.2 Å². The summed E-state index contributed by atoms with van der Waals surface area (Å²) >= 11 is 0. The highest BCUT2D eigenvalue weighted by Gasteiger charge is 2.26. The summed E-state index contributed by atoms with van der Waals surface area (Å²) < 4.78 is 33.6. The topological polar surface area (TPSA) is 64.4 Å². The zero-order valence-corrected chi connectivity index (χ0v) is 17.9. The maximum absolute atomic E-state index is 13.1. The van der Waals surface area contributed by atoms with Crippen LogP contribution in [0.1, 0.15) is 37.9 Å². The third-order valence-electron chi connectivity index (χ3n) is 5.11. The smallest absolute Gasteiger partial charge is 0.228 e. The van der Waals surface area contributed by atoms with Crippen LogP contribution in [0.2, 0.25) is 0 Å². The van der Waals surface area contributed by atoms with E-state index in [-0.39, 0.29) is 17.0 Å². The molecule has 1 fully saturated rings. The van der Waals surface area contributed by atoms with Gasteiger partial charge in [0.05, 0.1) is 23.7 Å². The molecule has 154 valence electrons. The third-order valence-corrected chi connectivity index (χ3v) is 6.70. The predicted octanol–water partition coefficient (Wildman–Crippen LogP) is 3.12. The quantitative estimate of drug-likeness (QED) is 0.675. The van der Waals surface area contributed by atoms with Gasteiger partial charge >= 0.3 is 0 Å². The largest absolute Gasteiger partial charge is 0.380 e. The summed E-state index contributed by atoms with van der Waals surface area (Å²) in [6.45, 7) is 7.40. The van der Waals surface area contributed by atoms with Crippen LogP contribution in [-0.4, -0.2) is 49.2 Å². The molecule has 0 bridgehead atoms. The van der Waals surface area contributed by atoms with Crippen LogP contribution in [0.25, 0.3) is 0 Å². The fourth-order valence-corrected chi connectivity index (χ4v) is 5.26. The van der Waals surface area contributed by atoms with E-state index in [1.54, 1.807) is 13.3 Å². The lowest BCUT2D eigenvalue weighted by Crippen LogP contribution is -2.39. The number of hydrogen-bond acceptors (Lipinski definition) is 5. The van der Waals surface area contributed by atoms with Crippen LogP contribution in [0.15, 0.2) is 41.7 Å². The molecule has 3 rings (SSSR count). The predicted molar refractivity (Wildman–Crippen MR) is 110 cm³/mol. The van der Waals surface area contributed by atoms with Gasteiger partial charge in [0.15, 0.2) is 0 Å². The lowest BCUT2D eigenvalue weighted by molar-refractivity contribution is 0.0276. The molecule has 2 aromatic rings. The minimum absolute atomic E-state index is 0.0299. The maximum Gasteiger partial charge on any atom is 0.228 e. The first kappa shape index (κ1) is 21.0. The van der Waals surface area contributed by atoms with E-state index in [0.29, 0.717) is 19.0 Å². The molecule has 0 aliphatic carbocycles. The standard InChI is InChI=1S/C21H31N3O3S/c1-17(2)13-24-19(14-23-11-7-10-20(15-23)27-3)12-22-21(24)28(25,26)16-18-8-5-4-6-9-18/h4-6,8-9,12,17,20H,7,10-11,13-16H2,1-3H3. The van der Waals surface area contributed by atoms with E-state index in [1.165, 1.54) is 0 Å². The van der Waals surface area contributed by atoms with Crippen LogP contribution in [-0.2, 0) is 33.4 Å². The maximum atomic E-state index is 13.1. The molecule has 0 N–H and O–H groups in total. The highest BCUT2D eigenvalue weighted by atomic mass is 32.2. The Bertz CT molecular complexity index is 862. The van der Waals surface area contributed by atoms with Gasteiger partial charge < -0.3 is 9.30 Å². The molecule has 0 saturated carbocycles. The summed E-state index contributed by atoms with van der Waals surface area (Å²) in [4.78, 5) is 6.69. The average molecular weight is 406 g/mol. The molecule has 1 aromatic heterocycles. The van der Waals surface area contributed by atoms with Gasteiger partial charge in [-0.3, -0.25) is 4.90 Å². The van der Waals surface area contributed by atoms with Crippen molar-refractivity contribution in [3.8, 4) is 0 Å². The van der Waals surface area contributed by atoms with E-state index in [4.69, 9.17) is 4.74 Å². The van der Waals surface area contributed by atoms with Crippen LogP contribution >= 0.6 is 0 Å². The Hall–Kier alpha value is -1.70. The van der Waals surface area contributed by atoms with Gasteiger partial charge in [-0.2, -0.15) is 0 Å². The number of rotatable bonds is 8. The van der Waals surface area contributed by atoms with Crippen molar-refractivity contribution in [1.82, 2.24) is 14.5 Å². The summed E-state index contributed by atoms with van der Waals surface area (Å²) in [6.07, 6.45) is 4.15. The number of ether oxygens (including phenoxy) is 1. The second kappa shape index (κ2) is 9.20. The van der Waals surface area contributed by atoms with Crippen molar-refractivity contribution in [2.45, 2.75) is 56.8 Å². The summed E-state index contributed by atoms with van der Waals surface area (Å²) in [5, 5.41) is 0.181. The number of hydrogen-bond donors (Lipinski definition) is 0. The summed E-state index contributed by atoms with van der Waals surface area (Å²) in [7, 11) is -1.76. The van der Waals surface area contributed by atoms with Crippen LogP contribution in [0, 0.1) is 5.92 Å². The Balaban J connectivity index is 1.85. The van der Waals surface area contributed by atoms with Gasteiger partial charge in [0.2, 0.25) is 15.0 Å². The number of methoxy groups -OCH3 is 1. The van der Waals surface area contributed by atoms with Crippen molar-refractivity contribution in [2.24, 2.45) is 5.92 Å². The van der Waals surface area contributed by atoms with Crippen molar-refractivity contribution in [2.75, 3.05) is 20.2 Å². The third kappa shape index (κ3) is 5.21. The minimum atomic E-state index is -3.52. The van der Waals surface area contributed by atoms with Gasteiger partial charge in [-0.25, -0.2) is 13.4 Å². The summed E-state index contributed by atoms with van der Waals surface area (Å²) in [5.41, 5.74) is 1.74. The highest BCUT2D eigenvalue weighted by molar-refractivity contribution is 7.90. The van der Waals surface area contributed by atoms with E-state index in [1.807, 2.05) is 34.9 Å². The molecule has 0 radical (unpaired) electrons. The summed E-state index contributed by atoms with van der Waals surface area (Å²) in [6, 6.07) is 9.29. The number of likely N-dealkylation sites (tertiary alicyclic amines) is 1. The van der Waals surface area contributed by atoms with Gasteiger partial charge in [0.1, 0.15) is 0 Å². The second-order valence-electron chi connectivity index (χ2n) is 8.02. The van der Waals surface area contributed by atoms with E-state index in [9.17, 15) is 8.42 Å². The van der Waals surface area contributed by atoms with Crippen molar-refractivity contribution in [3.05, 3.63) is 47.8 Å². The summed E-state index contributed by atoms with van der Waals surface area (Å²) in [5.74, 6) is 0.296. The molecule has 7 heteroatoms. The van der Waals surface area contributed by atoms with Crippen molar-refractivity contribution >= 4 is 9.84 Å². The lowest BCUT2D eigenvalue weighted by atomic mass is 10.1. The number of nitrogens with zero attached hydrogens (tertiary/aromatic N) is 3. The zero-order chi connectivity index (χ0) is 20.1. The molecule has 1 saturated heterocycles. The molecule has 0 amide bonds. The monoisotopic (exact) mass is 405 g/mol. The number of aromatic nitrogens is 2. The molecule has 1 aliphatic rings. The van der Waals surface area contributed by atoms with Crippen molar-refractivity contribution in [1.29, 1.82) is 0 Å². The first-order valence-corrected chi connectivity index (χ1v) is 11.6. The minimum Gasteiger partial charge on any atom is -0.380 e. The van der Waals surface area contributed by atoms with Gasteiger partial charge in [0, 0.05) is 26.7 Å². The highest BCUT2D eigenvalue weighted by Crippen LogP contribution is 2.22. The van der Waals surface area contributed by atoms with E-state index >= 15 is 0 Å². The molecule has 1 atom stereocenters. The van der Waals surface area contributed by atoms with E-state index < -0.39 is 9.84 Å². The number of imidazole rings is 1. The van der Waals surface area contributed by atoms with E-state index in [2.05, 4.69) is 23.7 Å². The Kier molecular flexibility index (Phi) is 6.91. The Labute approximate surface area is 168 Å². The molecule has 1 aromatic carbocycles. The Morgan fingerprint density at radius 2 is 2.00 bits per heavy atom. The molecule has 1 aliphatic heterocycles. The van der Waals surface area contributed by atoms with E-state index in [0.717, 1.165) is 37.2 Å². The molecule has 1 unspecified atom stereocenters. The SMILES string of the molecule is COC1CCCN(Cc2cnc(S(=O)(=O)Cc3ccccc3)n2CC(C)C)C1. The second-order valence-corrected chi connectivity index (χ2v) is 9.90. The zero-order valence-electron chi connectivity index (χ0n) is 17.0. The van der Waals surface area contributed by atoms with Crippen LogP contribution in [0.3, 0.4) is 0 Å². The fraction of sp³-hybridized carbons (Fsp3) is 0.571. The first-order chi connectivity index (χ1) is 13.4. The normalized spacial score (nSPS) is 18.6. The fourth-order valence-electron chi connectivity index (χ4n) is 3.76. The molecule has 28 heavy (non-hydrogen) atoms. The first-order valence-electron chi connectivity index (χ1n) is 9.95. The molecular formula is C21H31N3O3S. The van der Waals surface area contributed by atoms with Gasteiger partial charge in [-0.05, 0) is 30.9 Å². The van der Waals surface area contributed by atoms with Crippen LogP contribution in [0.4, 0.5) is 0 Å². The van der Waals surface area contributed by atoms with Gasteiger partial charge in [0.25, 0.3) is 0 Å². The van der Waals surface area contributed by atoms with Crippen LogP contribution < -0.4 is 0 Å². The number of piperidine rings is 1. The van der Waals surface area contributed by atoms with Crippen LogP contribution in [0.5, 0.6) is 0 Å². The van der Waals surface area contributed by atoms with Crippen molar-refractivity contribution in [3.63, 3.8) is 0 Å². The number of benzene rings is 1.